The maximum atomic E-state index is 3.50. The largest absolute Gasteiger partial charge is 0.315 e. The van der Waals surface area contributed by atoms with Crippen molar-refractivity contribution in [3.8, 4) is 0 Å². The van der Waals surface area contributed by atoms with Crippen LogP contribution in [0.15, 0.2) is 0 Å². The summed E-state index contributed by atoms with van der Waals surface area (Å²) in [5.74, 6) is 0. The molecular formula is C12H25N3. The van der Waals surface area contributed by atoms with Crippen LogP contribution in [0.1, 0.15) is 26.2 Å². The van der Waals surface area contributed by atoms with E-state index >= 15 is 0 Å². The zero-order valence-electron chi connectivity index (χ0n) is 10.2. The molecule has 0 radical (unpaired) electrons. The lowest BCUT2D eigenvalue weighted by Crippen LogP contribution is -2.48. The molecular weight excluding hydrogens is 186 g/mol. The number of rotatable bonds is 1. The van der Waals surface area contributed by atoms with Gasteiger partial charge in [-0.3, -0.25) is 4.90 Å². The lowest BCUT2D eigenvalue weighted by atomic mass is 10.0. The van der Waals surface area contributed by atoms with Crippen molar-refractivity contribution in [1.82, 2.24) is 15.1 Å². The third-order valence-electron chi connectivity index (χ3n) is 4.01. The number of nitrogens with zero attached hydrogens (tertiary/aromatic N) is 2. The standard InChI is InChI=1S/C12H25N3/c1-11-3-6-13-7-10-15(11)12-4-8-14(2)9-5-12/h11-13H,3-10H2,1-2H3. The van der Waals surface area contributed by atoms with E-state index in [4.69, 9.17) is 0 Å². The van der Waals surface area contributed by atoms with Gasteiger partial charge in [0, 0.05) is 25.2 Å². The van der Waals surface area contributed by atoms with E-state index in [9.17, 15) is 0 Å². The van der Waals surface area contributed by atoms with Gasteiger partial charge in [-0.25, -0.2) is 0 Å². The van der Waals surface area contributed by atoms with Gasteiger partial charge < -0.3 is 10.2 Å². The quantitative estimate of drug-likeness (QED) is 0.691. The minimum Gasteiger partial charge on any atom is -0.315 e. The molecule has 3 nitrogen and oxygen atoms in total. The van der Waals surface area contributed by atoms with Gasteiger partial charge in [-0.2, -0.15) is 0 Å². The summed E-state index contributed by atoms with van der Waals surface area (Å²) in [6, 6.07) is 1.62. The van der Waals surface area contributed by atoms with Crippen LogP contribution in [0.4, 0.5) is 0 Å². The Balaban J connectivity index is 1.89. The molecule has 0 aliphatic carbocycles. The van der Waals surface area contributed by atoms with Gasteiger partial charge in [-0.15, -0.1) is 0 Å². The third-order valence-corrected chi connectivity index (χ3v) is 4.01. The number of hydrogen-bond acceptors (Lipinski definition) is 3. The molecule has 2 aliphatic heterocycles. The second kappa shape index (κ2) is 5.28. The predicted octanol–water partition coefficient (Wildman–Crippen LogP) is 0.764. The lowest BCUT2D eigenvalue weighted by Gasteiger charge is -2.39. The lowest BCUT2D eigenvalue weighted by molar-refractivity contribution is 0.0936. The van der Waals surface area contributed by atoms with Gasteiger partial charge in [-0.1, -0.05) is 0 Å². The number of hydrogen-bond donors (Lipinski definition) is 1. The van der Waals surface area contributed by atoms with Gasteiger partial charge in [0.2, 0.25) is 0 Å². The van der Waals surface area contributed by atoms with Crippen molar-refractivity contribution in [3.63, 3.8) is 0 Å². The van der Waals surface area contributed by atoms with E-state index in [0.717, 1.165) is 12.1 Å². The SMILES string of the molecule is CC1CCNCCN1C1CCN(C)CC1. The Labute approximate surface area is 93.8 Å². The molecule has 3 heteroatoms. The van der Waals surface area contributed by atoms with Crippen LogP contribution in [0.5, 0.6) is 0 Å². The number of likely N-dealkylation sites (tertiary alicyclic amines) is 1. The molecule has 0 spiro atoms. The van der Waals surface area contributed by atoms with Gasteiger partial charge in [0.1, 0.15) is 0 Å². The average molecular weight is 211 g/mol. The summed E-state index contributed by atoms with van der Waals surface area (Å²) in [6.07, 6.45) is 4.04. The smallest absolute Gasteiger partial charge is 0.0123 e. The summed E-state index contributed by atoms with van der Waals surface area (Å²) in [5.41, 5.74) is 0. The fourth-order valence-corrected chi connectivity index (χ4v) is 2.90. The first kappa shape index (κ1) is 11.4. The molecule has 15 heavy (non-hydrogen) atoms. The molecule has 0 aromatic rings. The first-order chi connectivity index (χ1) is 7.27. The van der Waals surface area contributed by atoms with Crippen LogP contribution in [-0.2, 0) is 0 Å². The van der Waals surface area contributed by atoms with Gasteiger partial charge in [-0.05, 0) is 52.9 Å². The molecule has 2 aliphatic rings. The molecule has 0 aromatic carbocycles. The molecule has 2 heterocycles. The van der Waals surface area contributed by atoms with E-state index in [1.165, 1.54) is 52.0 Å². The topological polar surface area (TPSA) is 18.5 Å². The summed E-state index contributed by atoms with van der Waals surface area (Å²) < 4.78 is 0. The molecule has 0 amide bonds. The van der Waals surface area contributed by atoms with Crippen molar-refractivity contribution in [2.75, 3.05) is 39.8 Å². The maximum Gasteiger partial charge on any atom is 0.0123 e. The Hall–Kier alpha value is -0.120. The van der Waals surface area contributed by atoms with Crippen molar-refractivity contribution in [2.24, 2.45) is 0 Å². The highest BCUT2D eigenvalue weighted by Crippen LogP contribution is 2.19. The normalized spacial score (nSPS) is 32.8. The predicted molar refractivity (Wildman–Crippen MR) is 64.2 cm³/mol. The molecule has 0 aromatic heterocycles. The molecule has 88 valence electrons. The van der Waals surface area contributed by atoms with Crippen molar-refractivity contribution in [3.05, 3.63) is 0 Å². The van der Waals surface area contributed by atoms with E-state index < -0.39 is 0 Å². The Kier molecular flexibility index (Phi) is 4.00. The zero-order chi connectivity index (χ0) is 10.7. The first-order valence-corrected chi connectivity index (χ1v) is 6.42. The summed E-state index contributed by atoms with van der Waals surface area (Å²) in [7, 11) is 2.24. The van der Waals surface area contributed by atoms with E-state index in [1.54, 1.807) is 0 Å². The van der Waals surface area contributed by atoms with Crippen LogP contribution in [-0.4, -0.2) is 61.7 Å². The van der Waals surface area contributed by atoms with Crippen LogP contribution < -0.4 is 5.32 Å². The van der Waals surface area contributed by atoms with Gasteiger partial charge >= 0.3 is 0 Å². The highest BCUT2D eigenvalue weighted by Gasteiger charge is 2.27. The minimum atomic E-state index is 0.772. The fraction of sp³-hybridized carbons (Fsp3) is 1.00. The minimum absolute atomic E-state index is 0.772. The van der Waals surface area contributed by atoms with Gasteiger partial charge in [0.15, 0.2) is 0 Å². The molecule has 0 bridgehead atoms. The van der Waals surface area contributed by atoms with Crippen LogP contribution in [0.25, 0.3) is 0 Å². The van der Waals surface area contributed by atoms with Gasteiger partial charge in [0.05, 0.1) is 0 Å². The molecule has 2 rings (SSSR count). The van der Waals surface area contributed by atoms with Crippen LogP contribution in [0, 0.1) is 0 Å². The van der Waals surface area contributed by atoms with Crippen molar-refractivity contribution >= 4 is 0 Å². The highest BCUT2D eigenvalue weighted by molar-refractivity contribution is 4.84. The summed E-state index contributed by atoms with van der Waals surface area (Å²) >= 11 is 0. The van der Waals surface area contributed by atoms with E-state index in [-0.39, 0.29) is 0 Å². The Morgan fingerprint density at radius 3 is 2.47 bits per heavy atom. The fourth-order valence-electron chi connectivity index (χ4n) is 2.90. The van der Waals surface area contributed by atoms with Crippen LogP contribution in [0.2, 0.25) is 0 Å². The van der Waals surface area contributed by atoms with Gasteiger partial charge in [0.25, 0.3) is 0 Å². The van der Waals surface area contributed by atoms with E-state index in [1.807, 2.05) is 0 Å². The molecule has 0 saturated carbocycles. The average Bonchev–Trinajstić information content (AvgIpc) is 2.44. The van der Waals surface area contributed by atoms with Crippen LogP contribution in [0.3, 0.4) is 0 Å². The van der Waals surface area contributed by atoms with E-state index in [2.05, 4.69) is 29.1 Å². The molecule has 1 atom stereocenters. The molecule has 2 fully saturated rings. The summed E-state index contributed by atoms with van der Waals surface area (Å²) in [6.45, 7) is 8.57. The summed E-state index contributed by atoms with van der Waals surface area (Å²) in [4.78, 5) is 5.20. The second-order valence-corrected chi connectivity index (χ2v) is 5.16. The monoisotopic (exact) mass is 211 g/mol. The molecule has 1 unspecified atom stereocenters. The van der Waals surface area contributed by atoms with Crippen molar-refractivity contribution in [2.45, 2.75) is 38.3 Å². The number of nitrogens with one attached hydrogen (secondary N) is 1. The highest BCUT2D eigenvalue weighted by atomic mass is 15.2. The van der Waals surface area contributed by atoms with Crippen molar-refractivity contribution in [1.29, 1.82) is 0 Å². The summed E-state index contributed by atoms with van der Waals surface area (Å²) in [5, 5.41) is 3.50. The third kappa shape index (κ3) is 2.92. The Morgan fingerprint density at radius 1 is 1.00 bits per heavy atom. The zero-order valence-corrected chi connectivity index (χ0v) is 10.2. The first-order valence-electron chi connectivity index (χ1n) is 6.42. The van der Waals surface area contributed by atoms with E-state index in [0.29, 0.717) is 0 Å². The maximum absolute atomic E-state index is 3.50. The second-order valence-electron chi connectivity index (χ2n) is 5.16. The van der Waals surface area contributed by atoms with Crippen LogP contribution >= 0.6 is 0 Å². The Morgan fingerprint density at radius 2 is 1.73 bits per heavy atom. The number of piperidine rings is 1. The molecule has 1 N–H and O–H groups in total. The van der Waals surface area contributed by atoms with Crippen molar-refractivity contribution < 1.29 is 0 Å². The Bertz CT molecular complexity index is 187. The molecule has 2 saturated heterocycles.